The predicted molar refractivity (Wildman–Crippen MR) is 138 cm³/mol. The van der Waals surface area contributed by atoms with Crippen LogP contribution in [0, 0.1) is 0 Å². The maximum Gasteiger partial charge on any atom is 0.187 e. The summed E-state index contributed by atoms with van der Waals surface area (Å²) >= 11 is 0. The molecule has 0 amide bonds. The molecule has 0 aromatic heterocycles. The minimum absolute atomic E-state index is 0.0225. The molecule has 3 heterocycles. The fourth-order valence-electron chi connectivity index (χ4n) is 5.81. The number of hydrogen-bond donors (Lipinski definition) is 14. The van der Waals surface area contributed by atoms with Gasteiger partial charge in [-0.3, -0.25) is 0 Å². The molecule has 256 valence electrons. The summed E-state index contributed by atoms with van der Waals surface area (Å²) in [6, 6.07) is -2.17. The number of aliphatic hydroxyl groups excluding tert-OH is 13. The third-order valence-corrected chi connectivity index (χ3v) is 8.48. The van der Waals surface area contributed by atoms with E-state index in [1.54, 1.807) is 0 Å². The molecule has 10 unspecified atom stereocenters. The molecule has 19 heteroatoms. The van der Waals surface area contributed by atoms with Gasteiger partial charge in [0.2, 0.25) is 0 Å². The Morgan fingerprint density at radius 2 is 1.16 bits per heavy atom. The van der Waals surface area contributed by atoms with E-state index in [0.717, 1.165) is 0 Å². The number of rotatable bonds is 9. The lowest BCUT2D eigenvalue weighted by Crippen LogP contribution is -2.68. The molecule has 19 nitrogen and oxygen atoms in total. The smallest absolute Gasteiger partial charge is 0.187 e. The van der Waals surface area contributed by atoms with Crippen LogP contribution < -0.4 is 5.32 Å². The van der Waals surface area contributed by atoms with Crippen molar-refractivity contribution in [3.8, 4) is 0 Å². The Labute approximate surface area is 250 Å². The highest BCUT2D eigenvalue weighted by molar-refractivity contribution is 5.22. The molecule has 44 heavy (non-hydrogen) atoms. The second-order valence-electron chi connectivity index (χ2n) is 11.4. The van der Waals surface area contributed by atoms with Gasteiger partial charge in [0.15, 0.2) is 18.9 Å². The lowest BCUT2D eigenvalue weighted by Gasteiger charge is -2.48. The molecule has 3 aliphatic heterocycles. The van der Waals surface area contributed by atoms with Crippen LogP contribution in [0.1, 0.15) is 6.92 Å². The molecule has 19 atom stereocenters. The van der Waals surface area contributed by atoms with Gasteiger partial charge in [-0.2, -0.15) is 0 Å². The Kier molecular flexibility index (Phi) is 12.1. The van der Waals surface area contributed by atoms with Crippen LogP contribution in [0.4, 0.5) is 0 Å². The monoisotopic (exact) mass is 645 g/mol. The highest BCUT2D eigenvalue weighted by Gasteiger charge is 2.53. The molecular weight excluding hydrogens is 602 g/mol. The van der Waals surface area contributed by atoms with Crippen LogP contribution in [0.3, 0.4) is 0 Å². The topological polar surface area (TPSA) is 321 Å². The summed E-state index contributed by atoms with van der Waals surface area (Å²) in [6.07, 6.45) is -26.6. The highest BCUT2D eigenvalue weighted by Crippen LogP contribution is 2.32. The number of hydrogen-bond acceptors (Lipinski definition) is 19. The first-order valence-electron chi connectivity index (χ1n) is 14.1. The van der Waals surface area contributed by atoms with Gasteiger partial charge in [0.25, 0.3) is 0 Å². The minimum atomic E-state index is -1.93. The summed E-state index contributed by atoms with van der Waals surface area (Å²) in [5.41, 5.74) is 0.0225. The summed E-state index contributed by atoms with van der Waals surface area (Å²) in [7, 11) is 0. The summed E-state index contributed by atoms with van der Waals surface area (Å²) in [6.45, 7) is -0.753. The Morgan fingerprint density at radius 3 is 1.73 bits per heavy atom. The summed E-state index contributed by atoms with van der Waals surface area (Å²) < 4.78 is 27.4. The summed E-state index contributed by atoms with van der Waals surface area (Å²) in [4.78, 5) is 0. The van der Waals surface area contributed by atoms with Crippen molar-refractivity contribution in [2.24, 2.45) is 0 Å². The van der Waals surface area contributed by atoms with E-state index in [2.05, 4.69) is 5.32 Å². The van der Waals surface area contributed by atoms with Crippen LogP contribution in [-0.2, 0) is 23.7 Å². The van der Waals surface area contributed by atoms with Crippen LogP contribution in [-0.4, -0.2) is 203 Å². The highest BCUT2D eigenvalue weighted by atomic mass is 16.7. The zero-order valence-corrected chi connectivity index (χ0v) is 23.5. The first kappa shape index (κ1) is 35.8. The molecule has 3 saturated heterocycles. The first-order chi connectivity index (χ1) is 20.7. The molecule has 0 saturated carbocycles. The lowest BCUT2D eigenvalue weighted by molar-refractivity contribution is -0.373. The van der Waals surface area contributed by atoms with Gasteiger partial charge in [-0.05, 0) is 12.5 Å². The molecule has 1 aliphatic carbocycles. The third-order valence-electron chi connectivity index (χ3n) is 8.48. The normalized spacial score (nSPS) is 52.0. The van der Waals surface area contributed by atoms with E-state index in [-0.39, 0.29) is 5.57 Å². The van der Waals surface area contributed by atoms with Gasteiger partial charge in [0.05, 0.1) is 38.0 Å². The van der Waals surface area contributed by atoms with Crippen molar-refractivity contribution in [1.82, 2.24) is 5.32 Å². The van der Waals surface area contributed by atoms with Crippen molar-refractivity contribution < 1.29 is 90.1 Å². The quantitative estimate of drug-likeness (QED) is 0.103. The minimum Gasteiger partial charge on any atom is -0.394 e. The second-order valence-corrected chi connectivity index (χ2v) is 11.4. The van der Waals surface area contributed by atoms with Crippen molar-refractivity contribution in [2.75, 3.05) is 19.8 Å². The van der Waals surface area contributed by atoms with E-state index < -0.39 is 136 Å². The zero-order valence-electron chi connectivity index (χ0n) is 23.5. The second kappa shape index (κ2) is 14.8. The number of nitrogens with one attached hydrogen (secondary N) is 1. The van der Waals surface area contributed by atoms with Gasteiger partial charge in [-0.25, -0.2) is 0 Å². The average Bonchev–Trinajstić information content (AvgIpc) is 3.00. The molecule has 0 radical (unpaired) electrons. The van der Waals surface area contributed by atoms with Crippen LogP contribution in [0.25, 0.3) is 0 Å². The Balaban J connectivity index is 1.42. The molecule has 3 fully saturated rings. The summed E-state index contributed by atoms with van der Waals surface area (Å²) in [5.74, 6) is 0. The first-order valence-corrected chi connectivity index (χ1v) is 14.1. The predicted octanol–water partition coefficient (Wildman–Crippen LogP) is -8.56. The molecule has 0 spiro atoms. The van der Waals surface area contributed by atoms with E-state index in [0.29, 0.717) is 0 Å². The van der Waals surface area contributed by atoms with Gasteiger partial charge in [0.1, 0.15) is 79.4 Å². The molecule has 0 bridgehead atoms. The molecule has 4 rings (SSSR count). The van der Waals surface area contributed by atoms with Crippen LogP contribution >= 0.6 is 0 Å². The van der Waals surface area contributed by atoms with E-state index >= 15 is 0 Å². The molecular formula is C25H43NO18. The van der Waals surface area contributed by atoms with Gasteiger partial charge >= 0.3 is 0 Å². The van der Waals surface area contributed by atoms with E-state index in [1.807, 2.05) is 0 Å². The van der Waals surface area contributed by atoms with Crippen molar-refractivity contribution in [3.63, 3.8) is 0 Å². The molecule has 0 aromatic rings. The van der Waals surface area contributed by atoms with Crippen LogP contribution in [0.5, 0.6) is 0 Å². The summed E-state index contributed by atoms with van der Waals surface area (Å²) in [5, 5.41) is 136. The van der Waals surface area contributed by atoms with Crippen LogP contribution in [0.15, 0.2) is 11.6 Å². The van der Waals surface area contributed by atoms with E-state index in [9.17, 15) is 66.4 Å². The van der Waals surface area contributed by atoms with Gasteiger partial charge in [-0.15, -0.1) is 0 Å². The fraction of sp³-hybridized carbons (Fsp3) is 0.920. The van der Waals surface area contributed by atoms with Crippen molar-refractivity contribution in [1.29, 1.82) is 0 Å². The van der Waals surface area contributed by atoms with E-state index in [4.69, 9.17) is 23.7 Å². The lowest BCUT2D eigenvalue weighted by atomic mass is 9.86. The Morgan fingerprint density at radius 1 is 0.636 bits per heavy atom. The largest absolute Gasteiger partial charge is 0.394 e. The number of ether oxygens (including phenoxy) is 5. The van der Waals surface area contributed by atoms with Gasteiger partial charge < -0.3 is 95.4 Å². The third kappa shape index (κ3) is 6.96. The molecule has 14 N–H and O–H groups in total. The Hall–Kier alpha value is -1.02. The maximum absolute atomic E-state index is 10.9. The van der Waals surface area contributed by atoms with E-state index in [1.165, 1.54) is 13.0 Å². The van der Waals surface area contributed by atoms with Crippen molar-refractivity contribution in [3.05, 3.63) is 11.6 Å². The maximum atomic E-state index is 10.9. The fourth-order valence-corrected chi connectivity index (χ4v) is 5.81. The van der Waals surface area contributed by atoms with Gasteiger partial charge in [0, 0.05) is 0 Å². The standard InChI is InChI=1S/C25H43NO18/c1-6-11(26-8-2-7(3-27)12(30)15(33)13(8)31)14(32)19(37)24(40-6)43-22-10(5-29)42-25(20(38)17(22)35)44-21-9(4-28)41-23(39)18(36)16(21)34/h2,6,8-39H,3-5H2,1H3/t6?,8-,9?,10?,11?,12+,13-,14-,15-,16+,17?,18?,19?,20-,21?,22?,23?,24-,25-/m0/s1. The Bertz CT molecular complexity index is 958. The molecule has 4 aliphatic rings. The average molecular weight is 646 g/mol. The van der Waals surface area contributed by atoms with Crippen LogP contribution in [0.2, 0.25) is 0 Å². The SMILES string of the molecule is CC1O[C@@H](OC2C(CO)O[C@@H](OC3C(CO)OC(O)C(O)[C@H]3O)[C@@H](O)C2O)C(O)[C@@H](O)C1N[C@H]1C=C(CO)[C@@H](O)[C@H](O)[C@H]1O. The molecule has 0 aromatic carbocycles. The van der Waals surface area contributed by atoms with Crippen molar-refractivity contribution in [2.45, 2.75) is 123 Å². The van der Waals surface area contributed by atoms with Gasteiger partial charge in [-0.1, -0.05) is 6.08 Å². The van der Waals surface area contributed by atoms with Crippen molar-refractivity contribution >= 4 is 0 Å². The zero-order chi connectivity index (χ0) is 32.6. The number of aliphatic hydroxyl groups is 13.